The second-order valence-corrected chi connectivity index (χ2v) is 4.20. The van der Waals surface area contributed by atoms with Crippen molar-refractivity contribution in [3.05, 3.63) is 60.7 Å². The van der Waals surface area contributed by atoms with E-state index in [2.05, 4.69) is 18.7 Å². The van der Waals surface area contributed by atoms with Crippen molar-refractivity contribution in [3.63, 3.8) is 0 Å². The van der Waals surface area contributed by atoms with Gasteiger partial charge in [0.25, 0.3) is 0 Å². The molecule has 0 heterocycles. The highest BCUT2D eigenvalue weighted by molar-refractivity contribution is 5.67. The van der Waals surface area contributed by atoms with E-state index in [1.165, 1.54) is 0 Å². The number of aryl methyl sites for hydroxylation is 1. The molecule has 0 fully saturated rings. The maximum Gasteiger partial charge on any atom is 0.123 e. The summed E-state index contributed by atoms with van der Waals surface area (Å²) < 4.78 is 5.63. The van der Waals surface area contributed by atoms with Crippen molar-refractivity contribution < 1.29 is 4.74 Å². The number of anilines is 1. The number of hydrogen-bond acceptors (Lipinski definition) is 2. The molecule has 0 aliphatic carbocycles. The molecule has 0 aliphatic rings. The predicted molar refractivity (Wildman–Crippen MR) is 88.1 cm³/mol. The van der Waals surface area contributed by atoms with E-state index in [9.17, 15) is 0 Å². The smallest absolute Gasteiger partial charge is 0.123 e. The lowest BCUT2D eigenvalue weighted by Gasteiger charge is -2.10. The minimum absolute atomic E-state index is 0.520. The molecule has 0 amide bonds. The van der Waals surface area contributed by atoms with Crippen molar-refractivity contribution in [3.8, 4) is 16.9 Å². The largest absolute Gasteiger partial charge is 0.489 e. The van der Waals surface area contributed by atoms with Gasteiger partial charge in [0.1, 0.15) is 12.4 Å². The molecule has 0 radical (unpaired) electrons. The Bertz CT molecular complexity index is 544. The molecule has 20 heavy (non-hydrogen) atoms. The van der Waals surface area contributed by atoms with Crippen molar-refractivity contribution in [2.24, 2.45) is 0 Å². The van der Waals surface area contributed by atoms with Crippen LogP contribution < -0.4 is 10.5 Å². The van der Waals surface area contributed by atoms with Crippen LogP contribution in [0.15, 0.2) is 55.1 Å². The first-order chi connectivity index (χ1) is 9.70. The summed E-state index contributed by atoms with van der Waals surface area (Å²) in [5.74, 6) is 0.893. The average Bonchev–Trinajstić information content (AvgIpc) is 2.49. The standard InChI is InChI=1S/C16H17NO.C2H6/c1-3-10-18-16-11-14(5-4-12(16)2)13-6-8-15(17)9-7-13;1-2/h3-9,11H,1,10,17H2,2H3;1-2H3. The molecule has 0 unspecified atom stereocenters. The van der Waals surface area contributed by atoms with Gasteiger partial charge in [0.05, 0.1) is 0 Å². The third-order valence-electron chi connectivity index (χ3n) is 2.79. The molecule has 0 saturated carbocycles. The van der Waals surface area contributed by atoms with Crippen LogP contribution in [0.2, 0.25) is 0 Å². The van der Waals surface area contributed by atoms with Crippen LogP contribution in [0.3, 0.4) is 0 Å². The second-order valence-electron chi connectivity index (χ2n) is 4.20. The topological polar surface area (TPSA) is 35.2 Å². The van der Waals surface area contributed by atoms with E-state index >= 15 is 0 Å². The summed E-state index contributed by atoms with van der Waals surface area (Å²) in [6, 6.07) is 14.0. The fraction of sp³-hybridized carbons (Fsp3) is 0.222. The molecule has 2 heteroatoms. The van der Waals surface area contributed by atoms with Crippen LogP contribution in [0.1, 0.15) is 19.4 Å². The maximum absolute atomic E-state index is 5.69. The Morgan fingerprint density at radius 3 is 2.25 bits per heavy atom. The number of rotatable bonds is 4. The van der Waals surface area contributed by atoms with Gasteiger partial charge < -0.3 is 10.5 Å². The van der Waals surface area contributed by atoms with Gasteiger partial charge >= 0.3 is 0 Å². The van der Waals surface area contributed by atoms with Gasteiger partial charge in [-0.15, -0.1) is 0 Å². The first-order valence-electron chi connectivity index (χ1n) is 6.91. The Balaban J connectivity index is 0.000000956. The first-order valence-corrected chi connectivity index (χ1v) is 6.91. The highest BCUT2D eigenvalue weighted by atomic mass is 16.5. The van der Waals surface area contributed by atoms with Crippen LogP contribution in [0, 0.1) is 6.92 Å². The van der Waals surface area contributed by atoms with Crippen LogP contribution >= 0.6 is 0 Å². The molecule has 0 spiro atoms. The summed E-state index contributed by atoms with van der Waals surface area (Å²) in [4.78, 5) is 0. The van der Waals surface area contributed by atoms with Crippen LogP contribution in [0.25, 0.3) is 11.1 Å². The van der Waals surface area contributed by atoms with Crippen molar-refractivity contribution >= 4 is 5.69 Å². The number of hydrogen-bond donors (Lipinski definition) is 1. The van der Waals surface area contributed by atoms with Gasteiger partial charge in [-0.3, -0.25) is 0 Å². The molecule has 2 rings (SSSR count). The fourth-order valence-corrected chi connectivity index (χ4v) is 1.76. The summed E-state index contributed by atoms with van der Waals surface area (Å²) in [5.41, 5.74) is 9.84. The molecular weight excluding hydrogens is 246 g/mol. The highest BCUT2D eigenvalue weighted by Gasteiger charge is 2.03. The third kappa shape index (κ3) is 4.16. The number of benzene rings is 2. The zero-order valence-electron chi connectivity index (χ0n) is 12.5. The summed E-state index contributed by atoms with van der Waals surface area (Å²) in [7, 11) is 0. The minimum atomic E-state index is 0.520. The molecule has 0 aliphatic heterocycles. The van der Waals surface area contributed by atoms with Crippen molar-refractivity contribution in [2.75, 3.05) is 12.3 Å². The summed E-state index contributed by atoms with van der Waals surface area (Å²) in [5, 5.41) is 0. The molecule has 0 atom stereocenters. The molecule has 2 N–H and O–H groups in total. The number of ether oxygens (including phenoxy) is 1. The summed E-state index contributed by atoms with van der Waals surface area (Å²) in [6.07, 6.45) is 1.75. The molecule has 2 aromatic carbocycles. The Hall–Kier alpha value is -2.22. The lowest BCUT2D eigenvalue weighted by atomic mass is 10.0. The van der Waals surface area contributed by atoms with Crippen LogP contribution in [-0.4, -0.2) is 6.61 Å². The average molecular weight is 269 g/mol. The second kappa shape index (κ2) is 8.05. The van der Waals surface area contributed by atoms with Crippen molar-refractivity contribution in [1.82, 2.24) is 0 Å². The van der Waals surface area contributed by atoms with Crippen molar-refractivity contribution in [1.29, 1.82) is 0 Å². The molecule has 0 bridgehead atoms. The monoisotopic (exact) mass is 269 g/mol. The van der Waals surface area contributed by atoms with Gasteiger partial charge in [0.2, 0.25) is 0 Å². The van der Waals surface area contributed by atoms with E-state index in [1.807, 2.05) is 51.1 Å². The first kappa shape index (κ1) is 15.8. The Morgan fingerprint density at radius 2 is 1.65 bits per heavy atom. The summed E-state index contributed by atoms with van der Waals surface area (Å²) in [6.45, 7) is 10.2. The lowest BCUT2D eigenvalue weighted by Crippen LogP contribution is -1.95. The number of nitrogen functional groups attached to an aromatic ring is 1. The normalized spacial score (nSPS) is 9.35. The SMILES string of the molecule is C=CCOc1cc(-c2ccc(N)cc2)ccc1C.CC. The molecule has 106 valence electrons. The van der Waals surface area contributed by atoms with Crippen LogP contribution in [0.5, 0.6) is 5.75 Å². The Morgan fingerprint density at radius 1 is 1.05 bits per heavy atom. The maximum atomic E-state index is 5.69. The van der Waals surface area contributed by atoms with Gasteiger partial charge in [0, 0.05) is 5.69 Å². The highest BCUT2D eigenvalue weighted by Crippen LogP contribution is 2.27. The fourth-order valence-electron chi connectivity index (χ4n) is 1.76. The Kier molecular flexibility index (Phi) is 6.38. The van der Waals surface area contributed by atoms with Gasteiger partial charge in [0.15, 0.2) is 0 Å². The molecular formula is C18H23NO. The van der Waals surface area contributed by atoms with E-state index < -0.39 is 0 Å². The zero-order chi connectivity index (χ0) is 15.0. The van der Waals surface area contributed by atoms with E-state index in [0.29, 0.717) is 6.61 Å². The van der Waals surface area contributed by atoms with Crippen molar-refractivity contribution in [2.45, 2.75) is 20.8 Å². The van der Waals surface area contributed by atoms with Gasteiger partial charge in [-0.2, -0.15) is 0 Å². The zero-order valence-corrected chi connectivity index (χ0v) is 12.5. The quantitative estimate of drug-likeness (QED) is 0.637. The minimum Gasteiger partial charge on any atom is -0.489 e. The molecule has 0 saturated heterocycles. The van der Waals surface area contributed by atoms with Gasteiger partial charge in [-0.05, 0) is 41.8 Å². The van der Waals surface area contributed by atoms with E-state index in [0.717, 1.165) is 28.1 Å². The van der Waals surface area contributed by atoms with E-state index in [4.69, 9.17) is 10.5 Å². The Labute approximate surface area is 121 Å². The number of nitrogens with two attached hydrogens (primary N) is 1. The lowest BCUT2D eigenvalue weighted by molar-refractivity contribution is 0.361. The van der Waals surface area contributed by atoms with Gasteiger partial charge in [-0.1, -0.05) is 50.8 Å². The molecule has 2 aromatic rings. The molecule has 0 aromatic heterocycles. The van der Waals surface area contributed by atoms with E-state index in [1.54, 1.807) is 6.08 Å². The summed E-state index contributed by atoms with van der Waals surface area (Å²) >= 11 is 0. The van der Waals surface area contributed by atoms with Gasteiger partial charge in [-0.25, -0.2) is 0 Å². The van der Waals surface area contributed by atoms with Crippen LogP contribution in [0.4, 0.5) is 5.69 Å². The molecule has 2 nitrogen and oxygen atoms in total. The predicted octanol–water partition coefficient (Wildman–Crippen LogP) is 4.84. The van der Waals surface area contributed by atoms with E-state index in [-0.39, 0.29) is 0 Å². The third-order valence-corrected chi connectivity index (χ3v) is 2.79. The van der Waals surface area contributed by atoms with Crippen LogP contribution in [-0.2, 0) is 0 Å².